The van der Waals surface area contributed by atoms with E-state index in [0.29, 0.717) is 6.54 Å². The van der Waals surface area contributed by atoms with E-state index < -0.39 is 0 Å². The van der Waals surface area contributed by atoms with Crippen LogP contribution in [0.3, 0.4) is 0 Å². The maximum Gasteiger partial charge on any atom is 0.0473 e. The van der Waals surface area contributed by atoms with Gasteiger partial charge in [0.2, 0.25) is 0 Å². The van der Waals surface area contributed by atoms with Gasteiger partial charge in [0.25, 0.3) is 0 Å². The molecule has 11 heavy (non-hydrogen) atoms. The second kappa shape index (κ2) is 4.16. The molecule has 0 amide bonds. The summed E-state index contributed by atoms with van der Waals surface area (Å²) in [6.07, 6.45) is 5.20. The second-order valence-electron chi connectivity index (χ2n) is 2.59. The lowest BCUT2D eigenvalue weighted by Crippen LogP contribution is -2.05. The van der Waals surface area contributed by atoms with E-state index in [1.54, 1.807) is 0 Å². The first-order valence-corrected chi connectivity index (χ1v) is 3.88. The van der Waals surface area contributed by atoms with E-state index in [4.69, 9.17) is 5.21 Å². The Morgan fingerprint density at radius 3 is 3.09 bits per heavy atom. The van der Waals surface area contributed by atoms with Crippen molar-refractivity contribution in [3.8, 4) is 0 Å². The van der Waals surface area contributed by atoms with Gasteiger partial charge in [0.05, 0.1) is 0 Å². The number of hydroxylamine groups is 1. The molecule has 0 aliphatic rings. The predicted octanol–water partition coefficient (Wildman–Crippen LogP) is 1.38. The monoisotopic (exact) mass is 154 g/mol. The minimum Gasteiger partial charge on any atom is -0.354 e. The van der Waals surface area contributed by atoms with Crippen LogP contribution < -0.4 is 5.48 Å². The molecule has 0 aliphatic heterocycles. The second-order valence-corrected chi connectivity index (χ2v) is 2.59. The lowest BCUT2D eigenvalue weighted by molar-refractivity contribution is 0.161. The van der Waals surface area contributed by atoms with Crippen molar-refractivity contribution < 1.29 is 5.21 Å². The molecular formula is C8H14N2O. The molecule has 0 saturated carbocycles. The molecule has 0 saturated heterocycles. The summed E-state index contributed by atoms with van der Waals surface area (Å²) in [5, 5.41) is 8.40. The lowest BCUT2D eigenvalue weighted by Gasteiger charge is -1.97. The summed E-state index contributed by atoms with van der Waals surface area (Å²) in [5.41, 5.74) is 3.24. The molecule has 3 nitrogen and oxygen atoms in total. The highest BCUT2D eigenvalue weighted by Gasteiger charge is 1.93. The van der Waals surface area contributed by atoms with Crippen LogP contribution in [0.15, 0.2) is 18.5 Å². The molecule has 1 heterocycles. The highest BCUT2D eigenvalue weighted by Crippen LogP contribution is 2.01. The van der Waals surface area contributed by atoms with Gasteiger partial charge in [0, 0.05) is 25.5 Å². The summed E-state index contributed by atoms with van der Waals surface area (Å²) >= 11 is 0. The summed E-state index contributed by atoms with van der Waals surface area (Å²) < 4.78 is 2.12. The zero-order chi connectivity index (χ0) is 8.10. The van der Waals surface area contributed by atoms with Crippen LogP contribution in [0.1, 0.15) is 18.9 Å². The topological polar surface area (TPSA) is 37.2 Å². The van der Waals surface area contributed by atoms with E-state index in [9.17, 15) is 0 Å². The van der Waals surface area contributed by atoms with Gasteiger partial charge in [0.15, 0.2) is 0 Å². The van der Waals surface area contributed by atoms with Gasteiger partial charge in [0.1, 0.15) is 0 Å². The molecule has 0 atom stereocenters. The number of rotatable bonds is 4. The molecule has 1 aromatic heterocycles. The van der Waals surface area contributed by atoms with Crippen LogP contribution in [-0.2, 0) is 13.1 Å². The van der Waals surface area contributed by atoms with Crippen molar-refractivity contribution in [3.63, 3.8) is 0 Å². The molecule has 0 radical (unpaired) electrons. The van der Waals surface area contributed by atoms with Crippen molar-refractivity contribution in [3.05, 3.63) is 24.0 Å². The van der Waals surface area contributed by atoms with Crippen molar-refractivity contribution in [2.45, 2.75) is 26.4 Å². The zero-order valence-corrected chi connectivity index (χ0v) is 6.75. The third-order valence-electron chi connectivity index (χ3n) is 1.58. The number of nitrogens with one attached hydrogen (secondary N) is 1. The first-order chi connectivity index (χ1) is 5.36. The fraction of sp³-hybridized carbons (Fsp3) is 0.500. The number of nitrogens with zero attached hydrogens (tertiary/aromatic N) is 1. The number of aromatic nitrogens is 1. The van der Waals surface area contributed by atoms with Gasteiger partial charge in [-0.25, -0.2) is 5.48 Å². The Morgan fingerprint density at radius 1 is 1.64 bits per heavy atom. The van der Waals surface area contributed by atoms with Gasteiger partial charge < -0.3 is 9.77 Å². The minimum absolute atomic E-state index is 0.525. The molecule has 0 bridgehead atoms. The summed E-state index contributed by atoms with van der Waals surface area (Å²) in [5.74, 6) is 0. The molecule has 0 spiro atoms. The smallest absolute Gasteiger partial charge is 0.0473 e. The van der Waals surface area contributed by atoms with E-state index >= 15 is 0 Å². The third kappa shape index (κ3) is 2.37. The Labute approximate surface area is 66.6 Å². The van der Waals surface area contributed by atoms with E-state index in [0.717, 1.165) is 18.5 Å². The maximum atomic E-state index is 8.40. The van der Waals surface area contributed by atoms with E-state index in [-0.39, 0.29) is 0 Å². The van der Waals surface area contributed by atoms with Gasteiger partial charge in [-0.05, 0) is 18.1 Å². The van der Waals surface area contributed by atoms with Gasteiger partial charge in [-0.3, -0.25) is 0 Å². The molecule has 0 unspecified atom stereocenters. The Balaban J connectivity index is 2.51. The van der Waals surface area contributed by atoms with Crippen molar-refractivity contribution in [1.29, 1.82) is 0 Å². The Kier molecular flexibility index (Phi) is 3.14. The Hall–Kier alpha value is -0.800. The summed E-state index contributed by atoms with van der Waals surface area (Å²) in [6, 6.07) is 2.00. The Morgan fingerprint density at radius 2 is 2.45 bits per heavy atom. The van der Waals surface area contributed by atoms with Gasteiger partial charge in [-0.15, -0.1) is 0 Å². The van der Waals surface area contributed by atoms with Gasteiger partial charge in [-0.2, -0.15) is 0 Å². The standard InChI is InChI=1S/C8H14N2O/c1-2-4-10-5-3-8(7-10)6-9-11/h3,5,7,9,11H,2,4,6H2,1H3. The molecule has 3 heteroatoms. The highest BCUT2D eigenvalue weighted by atomic mass is 16.5. The average Bonchev–Trinajstić information content (AvgIpc) is 2.38. The van der Waals surface area contributed by atoms with Crippen LogP contribution in [0.2, 0.25) is 0 Å². The first-order valence-electron chi connectivity index (χ1n) is 3.88. The maximum absolute atomic E-state index is 8.40. The fourth-order valence-corrected chi connectivity index (χ4v) is 1.08. The lowest BCUT2D eigenvalue weighted by atomic mass is 10.3. The van der Waals surface area contributed by atoms with Crippen LogP contribution in [0.5, 0.6) is 0 Å². The number of aryl methyl sites for hydroxylation is 1. The van der Waals surface area contributed by atoms with Crippen molar-refractivity contribution in [2.75, 3.05) is 0 Å². The SMILES string of the molecule is CCCn1ccc(CNO)c1. The molecular weight excluding hydrogens is 140 g/mol. The number of hydrogen-bond donors (Lipinski definition) is 2. The highest BCUT2D eigenvalue weighted by molar-refractivity contribution is 5.09. The van der Waals surface area contributed by atoms with E-state index in [2.05, 4.69) is 17.0 Å². The van der Waals surface area contributed by atoms with Crippen molar-refractivity contribution in [2.24, 2.45) is 0 Å². The quantitative estimate of drug-likeness (QED) is 0.643. The largest absolute Gasteiger partial charge is 0.354 e. The average molecular weight is 154 g/mol. The van der Waals surface area contributed by atoms with Gasteiger partial charge in [-0.1, -0.05) is 6.92 Å². The van der Waals surface area contributed by atoms with Crippen molar-refractivity contribution in [1.82, 2.24) is 10.0 Å². The Bertz CT molecular complexity index is 187. The van der Waals surface area contributed by atoms with Gasteiger partial charge >= 0.3 is 0 Å². The molecule has 2 N–H and O–H groups in total. The molecule has 1 aromatic rings. The fourth-order valence-electron chi connectivity index (χ4n) is 1.08. The van der Waals surface area contributed by atoms with Crippen LogP contribution in [0, 0.1) is 0 Å². The summed E-state index contributed by atoms with van der Waals surface area (Å²) in [4.78, 5) is 0. The normalized spacial score (nSPS) is 10.4. The molecule has 0 aliphatic carbocycles. The van der Waals surface area contributed by atoms with Crippen LogP contribution >= 0.6 is 0 Å². The van der Waals surface area contributed by atoms with E-state index in [1.807, 2.05) is 18.5 Å². The molecule has 62 valence electrons. The predicted molar refractivity (Wildman–Crippen MR) is 43.3 cm³/mol. The van der Waals surface area contributed by atoms with E-state index in [1.165, 1.54) is 0 Å². The molecule has 1 rings (SSSR count). The van der Waals surface area contributed by atoms with Crippen molar-refractivity contribution >= 4 is 0 Å². The zero-order valence-electron chi connectivity index (χ0n) is 6.75. The van der Waals surface area contributed by atoms with Crippen LogP contribution in [0.25, 0.3) is 0 Å². The first kappa shape index (κ1) is 8.30. The van der Waals surface area contributed by atoms with Crippen LogP contribution in [-0.4, -0.2) is 9.77 Å². The minimum atomic E-state index is 0.525. The summed E-state index contributed by atoms with van der Waals surface area (Å²) in [7, 11) is 0. The third-order valence-corrected chi connectivity index (χ3v) is 1.58. The summed E-state index contributed by atoms with van der Waals surface area (Å²) in [6.45, 7) is 3.71. The number of hydrogen-bond acceptors (Lipinski definition) is 2. The molecule has 0 fully saturated rings. The van der Waals surface area contributed by atoms with Crippen LogP contribution in [0.4, 0.5) is 0 Å². The molecule has 0 aromatic carbocycles.